The van der Waals surface area contributed by atoms with Crippen LogP contribution in [0.2, 0.25) is 0 Å². The standard InChI is InChI=1S/C22H48O3Si/c1-20(2)15-11-7-5-9-13-17-23-22(25-19-26)24-18-14-10-6-8-12-16-21(3)4/h20-22H,5-19H2,1-4,26H3. The topological polar surface area (TPSA) is 27.7 Å². The van der Waals surface area contributed by atoms with Crippen LogP contribution in [0.5, 0.6) is 0 Å². The third-order valence-electron chi connectivity index (χ3n) is 4.66. The summed E-state index contributed by atoms with van der Waals surface area (Å²) in [4.78, 5) is 0. The van der Waals surface area contributed by atoms with Crippen molar-refractivity contribution < 1.29 is 14.2 Å². The maximum absolute atomic E-state index is 5.78. The molecule has 158 valence electrons. The van der Waals surface area contributed by atoms with Gasteiger partial charge in [-0.15, -0.1) is 0 Å². The highest BCUT2D eigenvalue weighted by Gasteiger charge is 2.08. The number of rotatable bonds is 20. The van der Waals surface area contributed by atoms with Crippen molar-refractivity contribution >= 4 is 10.2 Å². The van der Waals surface area contributed by atoms with E-state index in [0.717, 1.165) is 54.4 Å². The smallest absolute Gasteiger partial charge is 0.271 e. The van der Waals surface area contributed by atoms with Gasteiger partial charge in [0.1, 0.15) is 0 Å². The first-order valence-corrected chi connectivity index (χ1v) is 12.8. The van der Waals surface area contributed by atoms with Crippen LogP contribution in [0.1, 0.15) is 105 Å². The predicted molar refractivity (Wildman–Crippen MR) is 117 cm³/mol. The molecule has 0 aromatic heterocycles. The molecule has 0 saturated heterocycles. The molecule has 3 nitrogen and oxygen atoms in total. The number of hydrogen-bond acceptors (Lipinski definition) is 3. The Hall–Kier alpha value is 0.0969. The zero-order chi connectivity index (χ0) is 19.5. The molecule has 0 aliphatic rings. The molecule has 0 saturated carbocycles. The molecule has 4 heteroatoms. The summed E-state index contributed by atoms with van der Waals surface area (Å²) in [7, 11) is 1.02. The minimum Gasteiger partial charge on any atom is -0.334 e. The predicted octanol–water partition coefficient (Wildman–Crippen LogP) is 5.64. The molecular formula is C22H48O3Si. The number of unbranched alkanes of at least 4 members (excludes halogenated alkanes) is 8. The molecular weight excluding hydrogens is 340 g/mol. The first-order chi connectivity index (χ1) is 12.6. The van der Waals surface area contributed by atoms with E-state index in [1.807, 2.05) is 0 Å². The molecule has 0 aliphatic heterocycles. The summed E-state index contributed by atoms with van der Waals surface area (Å²) in [5.41, 5.74) is 0. The van der Waals surface area contributed by atoms with Gasteiger partial charge in [0.2, 0.25) is 0 Å². The first kappa shape index (κ1) is 26.1. The van der Waals surface area contributed by atoms with Crippen molar-refractivity contribution in [3.05, 3.63) is 0 Å². The van der Waals surface area contributed by atoms with Gasteiger partial charge in [-0.1, -0.05) is 91.9 Å². The Morgan fingerprint density at radius 2 is 0.923 bits per heavy atom. The average Bonchev–Trinajstić information content (AvgIpc) is 2.58. The van der Waals surface area contributed by atoms with E-state index in [-0.39, 0.29) is 0 Å². The molecule has 0 N–H and O–H groups in total. The molecule has 0 heterocycles. The monoisotopic (exact) mass is 388 g/mol. The largest absolute Gasteiger partial charge is 0.334 e. The normalized spacial score (nSPS) is 12.1. The quantitative estimate of drug-likeness (QED) is 0.153. The van der Waals surface area contributed by atoms with Gasteiger partial charge in [-0.3, -0.25) is 0 Å². The summed E-state index contributed by atoms with van der Waals surface area (Å²) < 4.78 is 17.2. The maximum Gasteiger partial charge on any atom is 0.271 e. The van der Waals surface area contributed by atoms with Crippen LogP contribution in [0.25, 0.3) is 0 Å². The van der Waals surface area contributed by atoms with Crippen molar-refractivity contribution in [2.24, 2.45) is 11.8 Å². The van der Waals surface area contributed by atoms with Crippen molar-refractivity contribution in [1.82, 2.24) is 0 Å². The van der Waals surface area contributed by atoms with Crippen LogP contribution < -0.4 is 0 Å². The number of hydrogen-bond donors (Lipinski definition) is 0. The Kier molecular flexibility index (Phi) is 19.9. The lowest BCUT2D eigenvalue weighted by Gasteiger charge is -2.18. The van der Waals surface area contributed by atoms with Gasteiger partial charge in [0, 0.05) is 16.5 Å². The van der Waals surface area contributed by atoms with Crippen LogP contribution in [0.3, 0.4) is 0 Å². The number of ether oxygens (including phenoxy) is 3. The van der Waals surface area contributed by atoms with Crippen LogP contribution in [0.15, 0.2) is 0 Å². The van der Waals surface area contributed by atoms with E-state index in [1.165, 1.54) is 64.2 Å². The van der Waals surface area contributed by atoms with Crippen molar-refractivity contribution in [2.75, 3.05) is 19.4 Å². The van der Waals surface area contributed by atoms with Gasteiger partial charge in [0.25, 0.3) is 6.48 Å². The van der Waals surface area contributed by atoms with Crippen LogP contribution in [-0.4, -0.2) is 36.2 Å². The first-order valence-electron chi connectivity index (χ1n) is 11.4. The average molecular weight is 389 g/mol. The SMILES string of the molecule is CC(C)CCCCCCCOC(OC[SiH3])OCCCCCCCC(C)C. The molecule has 0 rings (SSSR count). The van der Waals surface area contributed by atoms with Gasteiger partial charge in [0.15, 0.2) is 0 Å². The summed E-state index contributed by atoms with van der Waals surface area (Å²) in [6, 6.07) is 0. The van der Waals surface area contributed by atoms with E-state index in [4.69, 9.17) is 14.2 Å². The summed E-state index contributed by atoms with van der Waals surface area (Å²) in [6.45, 7) is 10.3. The van der Waals surface area contributed by atoms with Crippen molar-refractivity contribution in [3.63, 3.8) is 0 Å². The van der Waals surface area contributed by atoms with Crippen molar-refractivity contribution in [2.45, 2.75) is 111 Å². The fourth-order valence-corrected chi connectivity index (χ4v) is 3.28. The Labute approximate surface area is 167 Å². The van der Waals surface area contributed by atoms with Gasteiger partial charge in [0.05, 0.1) is 13.2 Å². The zero-order valence-electron chi connectivity index (χ0n) is 18.6. The Morgan fingerprint density at radius 1 is 0.538 bits per heavy atom. The highest BCUT2D eigenvalue weighted by Crippen LogP contribution is 2.12. The van der Waals surface area contributed by atoms with Crippen LogP contribution in [0.4, 0.5) is 0 Å². The fourth-order valence-electron chi connectivity index (χ4n) is 3.01. The molecule has 0 aromatic carbocycles. The Bertz CT molecular complexity index is 248. The third kappa shape index (κ3) is 20.4. The summed E-state index contributed by atoms with van der Waals surface area (Å²) in [6.07, 6.45) is 16.3. The van der Waals surface area contributed by atoms with E-state index >= 15 is 0 Å². The lowest BCUT2D eigenvalue weighted by molar-refractivity contribution is -0.281. The molecule has 0 atom stereocenters. The molecule has 0 unspecified atom stereocenters. The molecule has 0 amide bonds. The molecule has 26 heavy (non-hydrogen) atoms. The van der Waals surface area contributed by atoms with Gasteiger partial charge >= 0.3 is 0 Å². The highest BCUT2D eigenvalue weighted by molar-refractivity contribution is 6.08. The second kappa shape index (κ2) is 19.8. The lowest BCUT2D eigenvalue weighted by atomic mass is 10.0. The van der Waals surface area contributed by atoms with E-state index in [9.17, 15) is 0 Å². The van der Waals surface area contributed by atoms with E-state index in [0.29, 0.717) is 0 Å². The zero-order valence-corrected chi connectivity index (χ0v) is 20.6. The maximum atomic E-state index is 5.78. The Morgan fingerprint density at radius 3 is 1.31 bits per heavy atom. The summed E-state index contributed by atoms with van der Waals surface area (Å²) in [5, 5.41) is 0. The Balaban J connectivity index is 3.47. The molecule has 0 fully saturated rings. The molecule has 0 aromatic rings. The van der Waals surface area contributed by atoms with E-state index < -0.39 is 6.48 Å². The van der Waals surface area contributed by atoms with Crippen molar-refractivity contribution in [1.29, 1.82) is 0 Å². The fraction of sp³-hybridized carbons (Fsp3) is 1.00. The van der Waals surface area contributed by atoms with Crippen LogP contribution >= 0.6 is 0 Å². The van der Waals surface area contributed by atoms with Crippen molar-refractivity contribution in [3.8, 4) is 0 Å². The van der Waals surface area contributed by atoms with Gasteiger partial charge in [-0.2, -0.15) is 0 Å². The summed E-state index contributed by atoms with van der Waals surface area (Å²) in [5.74, 6) is 1.68. The molecule has 0 spiro atoms. The third-order valence-corrected chi connectivity index (χ3v) is 5.00. The van der Waals surface area contributed by atoms with Gasteiger partial charge in [-0.05, 0) is 24.7 Å². The van der Waals surface area contributed by atoms with E-state index in [2.05, 4.69) is 27.7 Å². The molecule has 0 bridgehead atoms. The summed E-state index contributed by atoms with van der Waals surface area (Å²) >= 11 is 0. The second-order valence-corrected chi connectivity index (χ2v) is 8.96. The van der Waals surface area contributed by atoms with Gasteiger partial charge in [-0.25, -0.2) is 0 Å². The van der Waals surface area contributed by atoms with Crippen LogP contribution in [0, 0.1) is 11.8 Å². The highest BCUT2D eigenvalue weighted by atomic mass is 28.1. The van der Waals surface area contributed by atoms with Crippen LogP contribution in [-0.2, 0) is 14.2 Å². The second-order valence-electron chi connectivity index (χ2n) is 8.39. The van der Waals surface area contributed by atoms with E-state index in [1.54, 1.807) is 0 Å². The molecule has 0 radical (unpaired) electrons. The lowest BCUT2D eigenvalue weighted by Crippen LogP contribution is -2.23. The molecule has 0 aliphatic carbocycles. The minimum atomic E-state index is -0.436. The van der Waals surface area contributed by atoms with Gasteiger partial charge < -0.3 is 14.2 Å². The minimum absolute atomic E-state index is 0.436.